The van der Waals surface area contributed by atoms with Crippen molar-refractivity contribution in [1.29, 1.82) is 0 Å². The van der Waals surface area contributed by atoms with Crippen LogP contribution < -0.4 is 15.4 Å². The molecular formula is C31H28F3N5O2. The van der Waals surface area contributed by atoms with Gasteiger partial charge >= 0.3 is 6.18 Å². The number of nitrogens with zero attached hydrogens (tertiary/aromatic N) is 3. The van der Waals surface area contributed by atoms with Gasteiger partial charge in [0.2, 0.25) is 5.91 Å². The van der Waals surface area contributed by atoms with E-state index in [0.29, 0.717) is 35.8 Å². The van der Waals surface area contributed by atoms with E-state index in [0.717, 1.165) is 44.4 Å². The van der Waals surface area contributed by atoms with E-state index >= 15 is 0 Å². The van der Waals surface area contributed by atoms with Gasteiger partial charge in [0.1, 0.15) is 23.0 Å². The Morgan fingerprint density at radius 1 is 1.10 bits per heavy atom. The van der Waals surface area contributed by atoms with E-state index in [9.17, 15) is 18.0 Å². The second kappa shape index (κ2) is 12.7. The third-order valence-electron chi connectivity index (χ3n) is 6.49. The Bertz CT molecular complexity index is 1530. The molecule has 1 aromatic heterocycles. The SMILES string of the molecule is O=C(/C=C/c1cccc(Oc2ccnc(C3=NCCN3)c2)c1)Nc1ccc(C#CCN2CCCC2)c(C(F)(F)F)c1. The van der Waals surface area contributed by atoms with Gasteiger partial charge in [0.25, 0.3) is 0 Å². The Morgan fingerprint density at radius 2 is 1.93 bits per heavy atom. The average Bonchev–Trinajstić information content (AvgIpc) is 3.68. The summed E-state index contributed by atoms with van der Waals surface area (Å²) >= 11 is 0. The van der Waals surface area contributed by atoms with Crippen LogP contribution in [-0.2, 0) is 11.0 Å². The number of amidine groups is 1. The second-order valence-electron chi connectivity index (χ2n) is 9.57. The van der Waals surface area contributed by atoms with E-state index in [1.54, 1.807) is 48.7 Å². The Balaban J connectivity index is 1.23. The van der Waals surface area contributed by atoms with Gasteiger partial charge in [-0.05, 0) is 74.0 Å². The number of hydrogen-bond acceptors (Lipinski definition) is 6. The molecule has 1 amide bonds. The number of alkyl halides is 3. The molecule has 2 N–H and O–H groups in total. The molecule has 3 aromatic rings. The van der Waals surface area contributed by atoms with E-state index in [1.165, 1.54) is 18.2 Å². The predicted octanol–water partition coefficient (Wildman–Crippen LogP) is 5.34. The number of carbonyl (C=O) groups excluding carboxylic acids is 1. The molecule has 2 aliphatic heterocycles. The molecule has 3 heterocycles. The molecule has 0 atom stereocenters. The Labute approximate surface area is 236 Å². The molecule has 2 aromatic carbocycles. The minimum atomic E-state index is -4.61. The van der Waals surface area contributed by atoms with Gasteiger partial charge in [-0.3, -0.25) is 19.7 Å². The van der Waals surface area contributed by atoms with Gasteiger partial charge in [-0.2, -0.15) is 13.2 Å². The van der Waals surface area contributed by atoms with Gasteiger partial charge in [-0.15, -0.1) is 0 Å². The first-order chi connectivity index (χ1) is 19.8. The molecule has 0 radical (unpaired) electrons. The largest absolute Gasteiger partial charge is 0.457 e. The average molecular weight is 560 g/mol. The Hall–Kier alpha value is -4.62. The number of carbonyl (C=O) groups is 1. The van der Waals surface area contributed by atoms with Crippen LogP contribution in [0.15, 0.2) is 71.9 Å². The highest BCUT2D eigenvalue weighted by Gasteiger charge is 2.33. The molecule has 0 unspecified atom stereocenters. The number of benzene rings is 2. The zero-order chi connectivity index (χ0) is 28.7. The number of aromatic nitrogens is 1. The summed E-state index contributed by atoms with van der Waals surface area (Å²) in [4.78, 5) is 23.3. The maximum atomic E-state index is 13.7. The van der Waals surface area contributed by atoms with Crippen molar-refractivity contribution in [2.24, 2.45) is 4.99 Å². The molecule has 10 heteroatoms. The number of amides is 1. The summed E-state index contributed by atoms with van der Waals surface area (Å²) < 4.78 is 47.1. The molecule has 0 aliphatic carbocycles. The maximum absolute atomic E-state index is 13.7. The summed E-state index contributed by atoms with van der Waals surface area (Å²) in [7, 11) is 0. The molecule has 2 aliphatic rings. The normalized spacial score (nSPS) is 15.2. The van der Waals surface area contributed by atoms with Crippen LogP contribution in [0.25, 0.3) is 6.08 Å². The lowest BCUT2D eigenvalue weighted by molar-refractivity contribution is -0.137. The highest BCUT2D eigenvalue weighted by Crippen LogP contribution is 2.33. The number of pyridine rings is 1. The monoisotopic (exact) mass is 559 g/mol. The van der Waals surface area contributed by atoms with Crippen molar-refractivity contribution < 1.29 is 22.7 Å². The van der Waals surface area contributed by atoms with Crippen LogP contribution in [0.3, 0.4) is 0 Å². The van der Waals surface area contributed by atoms with Crippen molar-refractivity contribution >= 4 is 23.5 Å². The van der Waals surface area contributed by atoms with Crippen LogP contribution in [0, 0.1) is 11.8 Å². The van der Waals surface area contributed by atoms with Crippen LogP contribution in [0.2, 0.25) is 0 Å². The summed E-state index contributed by atoms with van der Waals surface area (Å²) in [5, 5.41) is 5.67. The van der Waals surface area contributed by atoms with Gasteiger partial charge in [0.15, 0.2) is 0 Å². The number of anilines is 1. The van der Waals surface area contributed by atoms with Crippen LogP contribution in [0.4, 0.5) is 18.9 Å². The van der Waals surface area contributed by atoms with Crippen LogP contribution in [0.1, 0.15) is 35.2 Å². The lowest BCUT2D eigenvalue weighted by Gasteiger charge is -2.12. The highest BCUT2D eigenvalue weighted by molar-refractivity contribution is 6.02. The molecule has 210 valence electrons. The van der Waals surface area contributed by atoms with Gasteiger partial charge in [0, 0.05) is 36.1 Å². The predicted molar refractivity (Wildman–Crippen MR) is 152 cm³/mol. The fourth-order valence-electron chi connectivity index (χ4n) is 4.50. The molecule has 0 saturated carbocycles. The molecule has 41 heavy (non-hydrogen) atoms. The maximum Gasteiger partial charge on any atom is 0.417 e. The molecule has 1 saturated heterocycles. The Morgan fingerprint density at radius 3 is 2.71 bits per heavy atom. The third kappa shape index (κ3) is 7.74. The highest BCUT2D eigenvalue weighted by atomic mass is 19.4. The summed E-state index contributed by atoms with van der Waals surface area (Å²) in [5.41, 5.74) is 0.393. The van der Waals surface area contributed by atoms with Crippen molar-refractivity contribution in [3.05, 3.63) is 89.3 Å². The minimum absolute atomic E-state index is 0.0315. The fourth-order valence-corrected chi connectivity index (χ4v) is 4.50. The van der Waals surface area contributed by atoms with Crippen molar-refractivity contribution in [1.82, 2.24) is 15.2 Å². The number of likely N-dealkylation sites (tertiary alicyclic amines) is 1. The van der Waals surface area contributed by atoms with Crippen molar-refractivity contribution in [2.75, 3.05) is 38.0 Å². The van der Waals surface area contributed by atoms with Crippen LogP contribution in [-0.4, -0.2) is 54.4 Å². The zero-order valence-electron chi connectivity index (χ0n) is 22.2. The smallest absolute Gasteiger partial charge is 0.417 e. The molecule has 5 rings (SSSR count). The van der Waals surface area contributed by atoms with Crippen molar-refractivity contribution in [2.45, 2.75) is 19.0 Å². The molecule has 0 bridgehead atoms. The molecular weight excluding hydrogens is 531 g/mol. The number of halogens is 3. The molecule has 1 fully saturated rings. The summed E-state index contributed by atoms with van der Waals surface area (Å²) in [6.07, 6.45) is 2.01. The van der Waals surface area contributed by atoms with E-state index in [4.69, 9.17) is 4.74 Å². The quantitative estimate of drug-likeness (QED) is 0.302. The van der Waals surface area contributed by atoms with E-state index in [-0.39, 0.29) is 11.3 Å². The number of rotatable bonds is 7. The van der Waals surface area contributed by atoms with Gasteiger partial charge in [-0.25, -0.2) is 0 Å². The first kappa shape index (κ1) is 27.9. The van der Waals surface area contributed by atoms with E-state index in [1.807, 2.05) is 0 Å². The summed E-state index contributed by atoms with van der Waals surface area (Å²) in [6.45, 7) is 3.73. The topological polar surface area (TPSA) is 78.8 Å². The van der Waals surface area contributed by atoms with Gasteiger partial charge in [-0.1, -0.05) is 24.0 Å². The minimum Gasteiger partial charge on any atom is -0.457 e. The third-order valence-corrected chi connectivity index (χ3v) is 6.49. The molecule has 7 nitrogen and oxygen atoms in total. The van der Waals surface area contributed by atoms with Gasteiger partial charge < -0.3 is 15.4 Å². The second-order valence-corrected chi connectivity index (χ2v) is 9.57. The number of aliphatic imine (C=N–C) groups is 1. The Kier molecular flexibility index (Phi) is 8.65. The fraction of sp³-hybridized carbons (Fsp3) is 0.258. The summed E-state index contributed by atoms with van der Waals surface area (Å²) in [6, 6.07) is 14.2. The van der Waals surface area contributed by atoms with Gasteiger partial charge in [0.05, 0.1) is 18.7 Å². The van der Waals surface area contributed by atoms with Crippen molar-refractivity contribution in [3.8, 4) is 23.3 Å². The number of ether oxygens (including phenoxy) is 1. The van der Waals surface area contributed by atoms with Crippen LogP contribution >= 0.6 is 0 Å². The lowest BCUT2D eigenvalue weighted by Crippen LogP contribution is -2.20. The van der Waals surface area contributed by atoms with Crippen LogP contribution in [0.5, 0.6) is 11.5 Å². The number of nitrogens with one attached hydrogen (secondary N) is 2. The lowest BCUT2D eigenvalue weighted by atomic mass is 10.1. The van der Waals surface area contributed by atoms with E-state index < -0.39 is 17.6 Å². The van der Waals surface area contributed by atoms with Crippen molar-refractivity contribution in [3.63, 3.8) is 0 Å². The molecule has 0 spiro atoms. The standard InChI is InChI=1S/C31H28F3N5O2/c32-31(33,34)27-20-24(10-9-23(27)6-4-18-39-16-1-2-17-39)38-29(40)11-8-22-5-3-7-25(19-22)41-26-12-13-35-28(21-26)30-36-14-15-37-30/h3,5,7-13,19-21H,1-2,14-18H2,(H,36,37)(H,38,40)/b11-8+. The zero-order valence-corrected chi connectivity index (χ0v) is 22.2. The first-order valence-electron chi connectivity index (χ1n) is 13.3. The number of hydrogen-bond donors (Lipinski definition) is 2. The van der Waals surface area contributed by atoms with E-state index in [2.05, 4.69) is 37.4 Å². The summed E-state index contributed by atoms with van der Waals surface area (Å²) in [5.74, 6) is 6.77. The first-order valence-corrected chi connectivity index (χ1v) is 13.3.